The van der Waals surface area contributed by atoms with Crippen LogP contribution in [-0.2, 0) is 0 Å². The molecule has 11 rings (SSSR count). The average Bonchev–Trinajstić information content (AvgIpc) is 3.34. The summed E-state index contributed by atoms with van der Waals surface area (Å²) in [5, 5.41) is 7.67. The van der Waals surface area contributed by atoms with Gasteiger partial charge < -0.3 is 0 Å². The van der Waals surface area contributed by atoms with Gasteiger partial charge in [-0.25, -0.2) is 9.97 Å². The second-order valence-corrected chi connectivity index (χ2v) is 15.6. The lowest BCUT2D eigenvalue weighted by molar-refractivity contribution is 1.04. The van der Waals surface area contributed by atoms with Crippen molar-refractivity contribution in [1.82, 2.24) is 9.97 Å². The van der Waals surface area contributed by atoms with Gasteiger partial charge in [0.1, 0.15) is 0 Å². The third-order valence-electron chi connectivity index (χ3n) is 11.9. The molecule has 0 spiro atoms. The molecular weight excluding hydrogens is 725 g/mol. The van der Waals surface area contributed by atoms with Crippen LogP contribution in [0.25, 0.3) is 105 Å². The Kier molecular flexibility index (Phi) is 9.02. The van der Waals surface area contributed by atoms with E-state index in [1.807, 2.05) is 0 Å². The Balaban J connectivity index is 1.05. The highest BCUT2D eigenvalue weighted by Crippen LogP contribution is 2.40. The third kappa shape index (κ3) is 6.59. The van der Waals surface area contributed by atoms with E-state index in [-0.39, 0.29) is 0 Å². The number of aromatic nitrogens is 2. The summed E-state index contributed by atoms with van der Waals surface area (Å²) in [5.41, 5.74) is 14.2. The fourth-order valence-corrected chi connectivity index (χ4v) is 8.93. The van der Waals surface area contributed by atoms with Gasteiger partial charge in [0, 0.05) is 16.7 Å². The number of nitrogens with zero attached hydrogens (tertiary/aromatic N) is 2. The van der Waals surface area contributed by atoms with Crippen molar-refractivity contribution in [3.05, 3.63) is 224 Å². The topological polar surface area (TPSA) is 25.8 Å². The van der Waals surface area contributed by atoms with Gasteiger partial charge in [-0.15, -0.1) is 0 Å². The molecule has 0 fully saturated rings. The second-order valence-electron chi connectivity index (χ2n) is 15.6. The largest absolute Gasteiger partial charge is 0.228 e. The molecule has 9 aromatic carbocycles. The van der Waals surface area contributed by atoms with Gasteiger partial charge in [0.05, 0.1) is 11.4 Å². The maximum absolute atomic E-state index is 5.37. The molecule has 0 saturated heterocycles. The first-order chi connectivity index (χ1) is 29.7. The number of benzene rings is 9. The van der Waals surface area contributed by atoms with Gasteiger partial charge >= 0.3 is 0 Å². The Morgan fingerprint density at radius 1 is 0.300 bits per heavy atom. The maximum Gasteiger partial charge on any atom is 0.160 e. The maximum atomic E-state index is 5.37. The Labute approximate surface area is 350 Å². The third-order valence-corrected chi connectivity index (χ3v) is 11.9. The monoisotopic (exact) mass is 764 g/mol. The van der Waals surface area contributed by atoms with Gasteiger partial charge in [-0.05, 0) is 120 Å². The highest BCUT2D eigenvalue weighted by atomic mass is 14.9. The van der Waals surface area contributed by atoms with Gasteiger partial charge in [-0.2, -0.15) is 0 Å². The minimum absolute atomic E-state index is 0.696. The molecule has 2 heteroatoms. The van der Waals surface area contributed by atoms with Crippen LogP contribution < -0.4 is 0 Å². The van der Waals surface area contributed by atoms with Crippen LogP contribution in [0.4, 0.5) is 0 Å². The van der Waals surface area contributed by atoms with Crippen LogP contribution in [0.1, 0.15) is 18.4 Å². The molecule has 0 atom stereocenters. The average molecular weight is 765 g/mol. The summed E-state index contributed by atoms with van der Waals surface area (Å²) in [5.74, 6) is 0.696. The fraction of sp³-hybridized carbons (Fsp3) is 0.0345. The molecule has 282 valence electrons. The van der Waals surface area contributed by atoms with Crippen molar-refractivity contribution in [2.45, 2.75) is 12.8 Å². The molecule has 1 aromatic heterocycles. The highest BCUT2D eigenvalue weighted by Gasteiger charge is 2.17. The van der Waals surface area contributed by atoms with Crippen LogP contribution >= 0.6 is 0 Å². The molecule has 1 heterocycles. The Bertz CT molecular complexity index is 3280. The molecule has 0 N–H and O–H groups in total. The molecule has 0 aliphatic heterocycles. The first-order valence-corrected chi connectivity index (χ1v) is 20.8. The first-order valence-electron chi connectivity index (χ1n) is 20.8. The van der Waals surface area contributed by atoms with Crippen molar-refractivity contribution in [2.75, 3.05) is 0 Å². The van der Waals surface area contributed by atoms with Crippen molar-refractivity contribution < 1.29 is 0 Å². The van der Waals surface area contributed by atoms with E-state index in [2.05, 4.69) is 218 Å². The van der Waals surface area contributed by atoms with E-state index >= 15 is 0 Å². The molecule has 0 saturated carbocycles. The van der Waals surface area contributed by atoms with Crippen molar-refractivity contribution in [2.24, 2.45) is 0 Å². The molecule has 10 aromatic rings. The SMILES string of the molecule is C1=CC(c2cccc(-c3cc(-c4ccccc4-c4cccc(-c5ccc6c7ccccc7c7ccccc7c6c5)c4)nc(-c4cccc(-c5ccccc5)c4)n3)c2)=CCC1. The normalized spacial score (nSPS) is 12.6. The summed E-state index contributed by atoms with van der Waals surface area (Å²) >= 11 is 0. The van der Waals surface area contributed by atoms with Gasteiger partial charge in [0.15, 0.2) is 5.82 Å². The number of allylic oxidation sites excluding steroid dienone is 4. The van der Waals surface area contributed by atoms with E-state index in [4.69, 9.17) is 9.97 Å². The summed E-state index contributed by atoms with van der Waals surface area (Å²) in [6.07, 6.45) is 8.97. The lowest BCUT2D eigenvalue weighted by Crippen LogP contribution is -1.98. The van der Waals surface area contributed by atoms with Gasteiger partial charge in [0.25, 0.3) is 0 Å². The molecule has 0 radical (unpaired) electrons. The minimum atomic E-state index is 0.696. The molecule has 0 bridgehead atoms. The van der Waals surface area contributed by atoms with Crippen molar-refractivity contribution in [1.29, 1.82) is 0 Å². The quantitative estimate of drug-likeness (QED) is 0.151. The molecule has 1 aliphatic carbocycles. The van der Waals surface area contributed by atoms with E-state index in [0.717, 1.165) is 63.2 Å². The van der Waals surface area contributed by atoms with Crippen molar-refractivity contribution >= 4 is 37.9 Å². The Morgan fingerprint density at radius 2 is 0.817 bits per heavy atom. The van der Waals surface area contributed by atoms with Crippen LogP contribution in [0.3, 0.4) is 0 Å². The Hall–Kier alpha value is -7.68. The summed E-state index contributed by atoms with van der Waals surface area (Å²) in [7, 11) is 0. The lowest BCUT2D eigenvalue weighted by Gasteiger charge is -2.15. The molecule has 0 unspecified atom stereocenters. The zero-order chi connectivity index (χ0) is 39.8. The summed E-state index contributed by atoms with van der Waals surface area (Å²) in [4.78, 5) is 10.7. The Morgan fingerprint density at radius 3 is 1.55 bits per heavy atom. The van der Waals surface area contributed by atoms with Crippen molar-refractivity contribution in [3.63, 3.8) is 0 Å². The van der Waals surface area contributed by atoms with E-state index in [1.165, 1.54) is 54.6 Å². The highest BCUT2D eigenvalue weighted by molar-refractivity contribution is 6.25. The van der Waals surface area contributed by atoms with Crippen LogP contribution in [-0.4, -0.2) is 9.97 Å². The van der Waals surface area contributed by atoms with Gasteiger partial charge in [-0.1, -0.05) is 188 Å². The molecule has 0 amide bonds. The fourth-order valence-electron chi connectivity index (χ4n) is 8.93. The van der Waals surface area contributed by atoms with E-state index < -0.39 is 0 Å². The summed E-state index contributed by atoms with van der Waals surface area (Å²) < 4.78 is 0. The van der Waals surface area contributed by atoms with Gasteiger partial charge in [-0.3, -0.25) is 0 Å². The van der Waals surface area contributed by atoms with E-state index in [0.29, 0.717) is 5.82 Å². The van der Waals surface area contributed by atoms with Crippen LogP contribution in [0.15, 0.2) is 218 Å². The number of rotatable bonds is 7. The zero-order valence-electron chi connectivity index (χ0n) is 33.1. The minimum Gasteiger partial charge on any atom is -0.228 e. The predicted molar refractivity (Wildman–Crippen MR) is 254 cm³/mol. The van der Waals surface area contributed by atoms with E-state index in [1.54, 1.807) is 0 Å². The molecular formula is C58H40N2. The van der Waals surface area contributed by atoms with Crippen molar-refractivity contribution in [3.8, 4) is 67.3 Å². The van der Waals surface area contributed by atoms with Crippen LogP contribution in [0.5, 0.6) is 0 Å². The van der Waals surface area contributed by atoms with Gasteiger partial charge in [0.2, 0.25) is 0 Å². The number of hydrogen-bond acceptors (Lipinski definition) is 2. The zero-order valence-corrected chi connectivity index (χ0v) is 33.1. The van der Waals surface area contributed by atoms with Crippen LogP contribution in [0.2, 0.25) is 0 Å². The molecule has 1 aliphatic rings. The number of hydrogen-bond donors (Lipinski definition) is 0. The number of fused-ring (bicyclic) bond motifs is 6. The smallest absolute Gasteiger partial charge is 0.160 e. The second kappa shape index (κ2) is 15.2. The lowest BCUT2D eigenvalue weighted by atomic mass is 9.91. The van der Waals surface area contributed by atoms with Crippen LogP contribution in [0, 0.1) is 0 Å². The van der Waals surface area contributed by atoms with E-state index in [9.17, 15) is 0 Å². The first kappa shape index (κ1) is 35.5. The molecule has 2 nitrogen and oxygen atoms in total. The summed E-state index contributed by atoms with van der Waals surface area (Å²) in [6, 6.07) is 72.1. The summed E-state index contributed by atoms with van der Waals surface area (Å²) in [6.45, 7) is 0. The standard InChI is InChI=1S/C58H40N2/c1-3-16-39(17-4-1)41-20-14-24-46(35-41)56-38-57(60-58(59-56)47-25-15-21-42(36-47)40-18-5-2-6-19-40)54-31-12-7-26-48(54)45-23-13-22-43(34-45)44-32-33-53-51-29-9-8-27-49(51)50-28-10-11-30-52(50)55(53)37-44/h2-3,5-38H,1,4H2. The predicted octanol–water partition coefficient (Wildman–Crippen LogP) is 15.7. The molecule has 60 heavy (non-hydrogen) atoms.